The molecule has 88 valence electrons. The fraction of sp³-hybridized carbons (Fsp3) is 0.500. The number of hydrogen-bond acceptors (Lipinski definition) is 3. The van der Waals surface area contributed by atoms with Gasteiger partial charge in [0.15, 0.2) is 0 Å². The van der Waals surface area contributed by atoms with E-state index in [-0.39, 0.29) is 12.4 Å². The second-order valence-corrected chi connectivity index (χ2v) is 4.06. The highest BCUT2D eigenvalue weighted by Crippen LogP contribution is 2.23. The molecule has 2 rings (SSSR count). The first-order chi connectivity index (χ1) is 7.81. The van der Waals surface area contributed by atoms with Gasteiger partial charge in [0.2, 0.25) is 0 Å². The van der Waals surface area contributed by atoms with Crippen molar-refractivity contribution in [1.82, 2.24) is 5.32 Å². The second-order valence-electron chi connectivity index (χ2n) is 4.06. The maximum absolute atomic E-state index is 13.5. The zero-order valence-corrected chi connectivity index (χ0v) is 9.19. The van der Waals surface area contributed by atoms with Gasteiger partial charge in [-0.15, -0.1) is 0 Å². The van der Waals surface area contributed by atoms with E-state index in [0.717, 1.165) is 19.5 Å². The zero-order chi connectivity index (χ0) is 11.4. The molecule has 1 aromatic carbocycles. The SMILES string of the molecule is OCCNC1CCN(c2ccccc2F)C1. The van der Waals surface area contributed by atoms with Crippen LogP contribution in [0, 0.1) is 5.82 Å². The van der Waals surface area contributed by atoms with Crippen molar-refractivity contribution in [2.75, 3.05) is 31.1 Å². The topological polar surface area (TPSA) is 35.5 Å². The number of para-hydroxylation sites is 1. The van der Waals surface area contributed by atoms with Crippen molar-refractivity contribution in [3.63, 3.8) is 0 Å². The van der Waals surface area contributed by atoms with Gasteiger partial charge in [0.1, 0.15) is 5.82 Å². The Bertz CT molecular complexity index is 346. The molecule has 0 saturated carbocycles. The number of hydrogen-bond donors (Lipinski definition) is 2. The summed E-state index contributed by atoms with van der Waals surface area (Å²) in [4.78, 5) is 2.05. The highest BCUT2D eigenvalue weighted by molar-refractivity contribution is 5.48. The number of aliphatic hydroxyl groups excluding tert-OH is 1. The fourth-order valence-electron chi connectivity index (χ4n) is 2.12. The van der Waals surface area contributed by atoms with E-state index in [4.69, 9.17) is 5.11 Å². The summed E-state index contributed by atoms with van der Waals surface area (Å²) in [6, 6.07) is 7.21. The molecule has 0 aromatic heterocycles. The summed E-state index contributed by atoms with van der Waals surface area (Å²) in [6.07, 6.45) is 0.994. The third-order valence-corrected chi connectivity index (χ3v) is 2.93. The Morgan fingerprint density at radius 2 is 2.25 bits per heavy atom. The van der Waals surface area contributed by atoms with E-state index in [1.54, 1.807) is 6.07 Å². The van der Waals surface area contributed by atoms with Crippen molar-refractivity contribution in [2.45, 2.75) is 12.5 Å². The van der Waals surface area contributed by atoms with Crippen molar-refractivity contribution < 1.29 is 9.50 Å². The number of nitrogens with one attached hydrogen (secondary N) is 1. The molecular formula is C12H17FN2O. The number of benzene rings is 1. The van der Waals surface area contributed by atoms with Gasteiger partial charge < -0.3 is 15.3 Å². The minimum atomic E-state index is -0.162. The number of nitrogens with zero attached hydrogens (tertiary/aromatic N) is 1. The van der Waals surface area contributed by atoms with E-state index >= 15 is 0 Å². The summed E-state index contributed by atoms with van der Waals surface area (Å²) in [5.41, 5.74) is 0.677. The molecule has 1 heterocycles. The van der Waals surface area contributed by atoms with Gasteiger partial charge in [0.05, 0.1) is 12.3 Å². The molecule has 4 heteroatoms. The van der Waals surface area contributed by atoms with E-state index < -0.39 is 0 Å². The molecule has 1 fully saturated rings. The fourth-order valence-corrected chi connectivity index (χ4v) is 2.12. The Balaban J connectivity index is 1.96. The third kappa shape index (κ3) is 2.51. The van der Waals surface area contributed by atoms with Crippen LogP contribution in [0.1, 0.15) is 6.42 Å². The Hall–Kier alpha value is -1.13. The molecule has 1 atom stereocenters. The minimum Gasteiger partial charge on any atom is -0.395 e. The van der Waals surface area contributed by atoms with Crippen molar-refractivity contribution in [2.24, 2.45) is 0 Å². The summed E-state index contributed by atoms with van der Waals surface area (Å²) >= 11 is 0. The number of anilines is 1. The molecule has 1 aliphatic rings. The van der Waals surface area contributed by atoms with Crippen LogP contribution in [0.2, 0.25) is 0 Å². The van der Waals surface area contributed by atoms with Crippen molar-refractivity contribution in [3.05, 3.63) is 30.1 Å². The molecular weight excluding hydrogens is 207 g/mol. The van der Waals surface area contributed by atoms with Gasteiger partial charge in [0.25, 0.3) is 0 Å². The second kappa shape index (κ2) is 5.27. The van der Waals surface area contributed by atoms with E-state index in [1.165, 1.54) is 6.07 Å². The Labute approximate surface area is 94.9 Å². The first kappa shape index (κ1) is 11.4. The Morgan fingerprint density at radius 3 is 3.00 bits per heavy atom. The highest BCUT2D eigenvalue weighted by Gasteiger charge is 2.23. The quantitative estimate of drug-likeness (QED) is 0.800. The minimum absolute atomic E-state index is 0.149. The summed E-state index contributed by atoms with van der Waals surface area (Å²) < 4.78 is 13.5. The van der Waals surface area contributed by atoms with Gasteiger partial charge in [-0.1, -0.05) is 12.1 Å². The molecule has 16 heavy (non-hydrogen) atoms. The zero-order valence-electron chi connectivity index (χ0n) is 9.19. The summed E-state index contributed by atoms with van der Waals surface area (Å²) in [6.45, 7) is 2.43. The van der Waals surface area contributed by atoms with E-state index in [2.05, 4.69) is 5.32 Å². The standard InChI is InChI=1S/C12H17FN2O/c13-11-3-1-2-4-12(11)15-7-5-10(9-15)14-6-8-16/h1-4,10,14,16H,5-9H2. The van der Waals surface area contributed by atoms with Gasteiger partial charge in [-0.3, -0.25) is 0 Å². The summed E-state index contributed by atoms with van der Waals surface area (Å²) in [7, 11) is 0. The van der Waals surface area contributed by atoms with Gasteiger partial charge in [-0.05, 0) is 18.6 Å². The molecule has 0 bridgehead atoms. The number of rotatable bonds is 4. The van der Waals surface area contributed by atoms with Gasteiger partial charge >= 0.3 is 0 Å². The lowest BCUT2D eigenvalue weighted by Crippen LogP contribution is -2.34. The third-order valence-electron chi connectivity index (χ3n) is 2.93. The van der Waals surface area contributed by atoms with Gasteiger partial charge in [-0.2, -0.15) is 0 Å². The van der Waals surface area contributed by atoms with Crippen LogP contribution in [-0.4, -0.2) is 37.4 Å². The molecule has 3 nitrogen and oxygen atoms in total. The average Bonchev–Trinajstić information content (AvgIpc) is 2.75. The molecule has 1 aliphatic heterocycles. The summed E-state index contributed by atoms with van der Waals surface area (Å²) in [5.74, 6) is -0.162. The normalized spacial score (nSPS) is 20.4. The average molecular weight is 224 g/mol. The largest absolute Gasteiger partial charge is 0.395 e. The van der Waals surface area contributed by atoms with Crippen LogP contribution in [0.5, 0.6) is 0 Å². The predicted octanol–water partition coefficient (Wildman–Crippen LogP) is 0.986. The Morgan fingerprint density at radius 1 is 1.44 bits per heavy atom. The van der Waals surface area contributed by atoms with E-state index in [1.807, 2.05) is 17.0 Å². The highest BCUT2D eigenvalue weighted by atomic mass is 19.1. The Kier molecular flexibility index (Phi) is 3.74. The lowest BCUT2D eigenvalue weighted by atomic mass is 10.2. The maximum atomic E-state index is 13.5. The number of aliphatic hydroxyl groups is 1. The van der Waals surface area contributed by atoms with Crippen molar-refractivity contribution in [1.29, 1.82) is 0 Å². The molecule has 0 spiro atoms. The first-order valence-corrected chi connectivity index (χ1v) is 5.65. The van der Waals surface area contributed by atoms with Gasteiger partial charge in [0, 0.05) is 25.7 Å². The smallest absolute Gasteiger partial charge is 0.146 e. The van der Waals surface area contributed by atoms with Crippen LogP contribution < -0.4 is 10.2 Å². The molecule has 0 aliphatic carbocycles. The van der Waals surface area contributed by atoms with Crippen LogP contribution in [0.25, 0.3) is 0 Å². The van der Waals surface area contributed by atoms with Gasteiger partial charge in [-0.25, -0.2) is 4.39 Å². The first-order valence-electron chi connectivity index (χ1n) is 5.65. The van der Waals surface area contributed by atoms with Crippen LogP contribution in [0.3, 0.4) is 0 Å². The molecule has 0 amide bonds. The number of halogens is 1. The monoisotopic (exact) mass is 224 g/mol. The van der Waals surface area contributed by atoms with Crippen LogP contribution in [0.15, 0.2) is 24.3 Å². The summed E-state index contributed by atoms with van der Waals surface area (Å²) in [5, 5.41) is 12.0. The molecule has 1 saturated heterocycles. The van der Waals surface area contributed by atoms with Crippen molar-refractivity contribution in [3.8, 4) is 0 Å². The molecule has 1 unspecified atom stereocenters. The molecule has 0 radical (unpaired) electrons. The van der Waals surface area contributed by atoms with Crippen LogP contribution in [-0.2, 0) is 0 Å². The maximum Gasteiger partial charge on any atom is 0.146 e. The van der Waals surface area contributed by atoms with E-state index in [0.29, 0.717) is 18.3 Å². The van der Waals surface area contributed by atoms with Crippen molar-refractivity contribution >= 4 is 5.69 Å². The van der Waals surface area contributed by atoms with Crippen LogP contribution >= 0.6 is 0 Å². The van der Waals surface area contributed by atoms with Crippen LogP contribution in [0.4, 0.5) is 10.1 Å². The molecule has 2 N–H and O–H groups in total. The van der Waals surface area contributed by atoms with E-state index in [9.17, 15) is 4.39 Å². The predicted molar refractivity (Wildman–Crippen MR) is 62.1 cm³/mol. The molecule has 1 aromatic rings. The lowest BCUT2D eigenvalue weighted by Gasteiger charge is -2.19. The lowest BCUT2D eigenvalue weighted by molar-refractivity contribution is 0.286.